The van der Waals surface area contributed by atoms with Gasteiger partial charge in [0.1, 0.15) is 0 Å². The van der Waals surface area contributed by atoms with Crippen LogP contribution in [0.1, 0.15) is 33.2 Å². The highest BCUT2D eigenvalue weighted by atomic mass is 32.2. The second-order valence-electron chi connectivity index (χ2n) is 7.47. The number of nitrogens with zero attached hydrogens (tertiary/aromatic N) is 5. The number of nitrogens with one attached hydrogen (secondary N) is 2. The molecule has 0 aromatic carbocycles. The number of fused-ring (bicyclic) bond motifs is 1. The van der Waals surface area contributed by atoms with Gasteiger partial charge in [-0.25, -0.2) is 9.29 Å². The zero-order valence-corrected chi connectivity index (χ0v) is 17.4. The first-order valence-electron chi connectivity index (χ1n) is 9.34. The molecule has 1 aliphatic rings. The molecule has 0 saturated carbocycles. The Hall–Kier alpha value is -2.03. The van der Waals surface area contributed by atoms with Gasteiger partial charge in [-0.1, -0.05) is 0 Å². The fraction of sp³-hybridized carbons (Fsp3) is 0.688. The normalized spacial score (nSPS) is 21.2. The number of halogens is 3. The summed E-state index contributed by atoms with van der Waals surface area (Å²) in [4.78, 5) is 12.9. The van der Waals surface area contributed by atoms with E-state index < -0.39 is 29.6 Å². The van der Waals surface area contributed by atoms with Crippen molar-refractivity contribution in [1.29, 1.82) is 0 Å². The van der Waals surface area contributed by atoms with E-state index in [0.717, 1.165) is 0 Å². The third kappa shape index (κ3) is 4.82. The smallest absolute Gasteiger partial charge is 0.416 e. The van der Waals surface area contributed by atoms with E-state index in [0.29, 0.717) is 24.1 Å². The SMILES string of the molecule is CC(Nc1nc(NC2CCN(S(=O)[O-])C2)c2ncn(C(C)C)c2n1)C(O)C(F)(F)F. The molecule has 10 nitrogen and oxygen atoms in total. The van der Waals surface area contributed by atoms with Crippen LogP contribution in [0.2, 0.25) is 0 Å². The third-order valence-electron chi connectivity index (χ3n) is 4.85. The number of alkyl halides is 3. The van der Waals surface area contributed by atoms with E-state index in [1.165, 1.54) is 11.2 Å². The molecule has 30 heavy (non-hydrogen) atoms. The summed E-state index contributed by atoms with van der Waals surface area (Å²) in [6.45, 7) is 5.56. The summed E-state index contributed by atoms with van der Waals surface area (Å²) in [6, 6.07) is -1.65. The van der Waals surface area contributed by atoms with E-state index in [4.69, 9.17) is 0 Å². The van der Waals surface area contributed by atoms with Crippen LogP contribution in [0, 0.1) is 0 Å². The van der Waals surface area contributed by atoms with Crippen molar-refractivity contribution >= 4 is 34.2 Å². The molecule has 1 aliphatic heterocycles. The van der Waals surface area contributed by atoms with Crippen molar-refractivity contribution in [3.8, 4) is 0 Å². The van der Waals surface area contributed by atoms with Crippen LogP contribution in [0.15, 0.2) is 6.33 Å². The van der Waals surface area contributed by atoms with Crippen molar-refractivity contribution < 1.29 is 27.0 Å². The van der Waals surface area contributed by atoms with Gasteiger partial charge >= 0.3 is 6.18 Å². The first-order valence-corrected chi connectivity index (χ1v) is 10.4. The lowest BCUT2D eigenvalue weighted by Gasteiger charge is -2.23. The molecule has 4 atom stereocenters. The van der Waals surface area contributed by atoms with Crippen LogP contribution in [0.3, 0.4) is 0 Å². The molecule has 14 heteroatoms. The minimum Gasteiger partial charge on any atom is -0.760 e. The van der Waals surface area contributed by atoms with Crippen LogP contribution in [0.5, 0.6) is 0 Å². The van der Waals surface area contributed by atoms with Gasteiger partial charge in [0.25, 0.3) is 0 Å². The molecular formula is C16H23F3N7O3S-. The lowest BCUT2D eigenvalue weighted by molar-refractivity contribution is -0.206. The van der Waals surface area contributed by atoms with Gasteiger partial charge in [-0.15, -0.1) is 0 Å². The summed E-state index contributed by atoms with van der Waals surface area (Å²) in [5.74, 6) is 0.171. The van der Waals surface area contributed by atoms with Crippen molar-refractivity contribution in [1.82, 2.24) is 23.8 Å². The monoisotopic (exact) mass is 450 g/mol. The maximum Gasteiger partial charge on any atom is 0.416 e. The van der Waals surface area contributed by atoms with Gasteiger partial charge in [0.2, 0.25) is 5.95 Å². The first kappa shape index (κ1) is 22.7. The first-order chi connectivity index (χ1) is 14.0. The van der Waals surface area contributed by atoms with Gasteiger partial charge in [0.15, 0.2) is 23.1 Å². The lowest BCUT2D eigenvalue weighted by Crippen LogP contribution is -2.42. The summed E-state index contributed by atoms with van der Waals surface area (Å²) in [5, 5.41) is 15.1. The van der Waals surface area contributed by atoms with Gasteiger partial charge < -0.3 is 24.9 Å². The van der Waals surface area contributed by atoms with Gasteiger partial charge in [-0.2, -0.15) is 23.1 Å². The molecule has 1 fully saturated rings. The highest BCUT2D eigenvalue weighted by Crippen LogP contribution is 2.27. The Kier molecular flexibility index (Phi) is 6.50. The van der Waals surface area contributed by atoms with Gasteiger partial charge in [0, 0.05) is 36.4 Å². The number of rotatable bonds is 7. The Morgan fingerprint density at radius 2 is 2.03 bits per heavy atom. The van der Waals surface area contributed by atoms with Crippen LogP contribution in [0.4, 0.5) is 24.9 Å². The van der Waals surface area contributed by atoms with Crippen LogP contribution >= 0.6 is 0 Å². The minimum absolute atomic E-state index is 0.0198. The maximum absolute atomic E-state index is 12.8. The number of aromatic nitrogens is 4. The molecule has 1 saturated heterocycles. The molecule has 0 radical (unpaired) electrons. The average molecular weight is 450 g/mol. The minimum atomic E-state index is -4.79. The van der Waals surface area contributed by atoms with Crippen LogP contribution < -0.4 is 10.6 Å². The van der Waals surface area contributed by atoms with E-state index in [2.05, 4.69) is 25.6 Å². The van der Waals surface area contributed by atoms with Crippen LogP contribution in [-0.4, -0.2) is 75.1 Å². The molecule has 0 amide bonds. The highest BCUT2D eigenvalue weighted by Gasteiger charge is 2.42. The van der Waals surface area contributed by atoms with E-state index in [9.17, 15) is 27.0 Å². The van der Waals surface area contributed by atoms with E-state index >= 15 is 0 Å². The Morgan fingerprint density at radius 3 is 2.60 bits per heavy atom. The van der Waals surface area contributed by atoms with E-state index in [1.807, 2.05) is 13.8 Å². The number of imidazole rings is 1. The van der Waals surface area contributed by atoms with Crippen molar-refractivity contribution in [2.45, 2.75) is 57.6 Å². The van der Waals surface area contributed by atoms with Crippen molar-refractivity contribution in [2.75, 3.05) is 23.7 Å². The largest absolute Gasteiger partial charge is 0.760 e. The molecule has 0 spiro atoms. The maximum atomic E-state index is 12.8. The summed E-state index contributed by atoms with van der Waals surface area (Å²) in [7, 11) is 0. The zero-order valence-electron chi connectivity index (χ0n) is 16.5. The third-order valence-corrected chi connectivity index (χ3v) is 5.60. The molecule has 0 bridgehead atoms. The Morgan fingerprint density at radius 1 is 1.33 bits per heavy atom. The molecule has 3 N–H and O–H groups in total. The highest BCUT2D eigenvalue weighted by molar-refractivity contribution is 7.76. The van der Waals surface area contributed by atoms with E-state index in [1.54, 1.807) is 10.9 Å². The fourth-order valence-electron chi connectivity index (χ4n) is 3.20. The number of hydrogen-bond acceptors (Lipinski definition) is 8. The molecule has 3 heterocycles. The number of aliphatic hydroxyl groups excluding tert-OH is 1. The predicted molar refractivity (Wildman–Crippen MR) is 103 cm³/mol. The fourth-order valence-corrected chi connectivity index (χ4v) is 3.76. The summed E-state index contributed by atoms with van der Waals surface area (Å²) in [6.07, 6.45) is -5.30. The standard InChI is InChI=1S/C16H24F3N7O3S/c1-8(2)26-7-20-11-13(22-10-4-5-25(6-10)30(28)29)23-15(24-14(11)26)21-9(3)12(27)16(17,18)19/h7-10,12,27H,4-6H2,1-3H3,(H,28,29)(H2,21,22,23,24)/p-1. The molecule has 0 aliphatic carbocycles. The molecule has 3 rings (SSSR count). The Labute approximate surface area is 173 Å². The van der Waals surface area contributed by atoms with Gasteiger partial charge in [0.05, 0.1) is 12.4 Å². The number of anilines is 2. The molecular weight excluding hydrogens is 427 g/mol. The lowest BCUT2D eigenvalue weighted by atomic mass is 10.2. The van der Waals surface area contributed by atoms with E-state index in [-0.39, 0.29) is 30.4 Å². The topological polar surface area (TPSA) is 131 Å². The second-order valence-corrected chi connectivity index (χ2v) is 8.42. The second kappa shape index (κ2) is 8.61. The van der Waals surface area contributed by atoms with Gasteiger partial charge in [-0.05, 0) is 27.2 Å². The zero-order chi connectivity index (χ0) is 22.2. The Bertz CT molecular complexity index is 923. The predicted octanol–water partition coefficient (Wildman–Crippen LogP) is 1.41. The van der Waals surface area contributed by atoms with Crippen LogP contribution in [0.25, 0.3) is 11.2 Å². The molecule has 2 aromatic rings. The summed E-state index contributed by atoms with van der Waals surface area (Å²) in [5.41, 5.74) is 0.820. The van der Waals surface area contributed by atoms with Crippen molar-refractivity contribution in [3.05, 3.63) is 6.33 Å². The molecule has 2 aromatic heterocycles. The van der Waals surface area contributed by atoms with Crippen molar-refractivity contribution in [3.63, 3.8) is 0 Å². The van der Waals surface area contributed by atoms with Gasteiger partial charge in [-0.3, -0.25) is 4.21 Å². The molecule has 4 unspecified atom stereocenters. The number of hydrogen-bond donors (Lipinski definition) is 3. The summed E-state index contributed by atoms with van der Waals surface area (Å²) < 4.78 is 63.7. The quantitative estimate of drug-likeness (QED) is 0.540. The molecule has 168 valence electrons. The van der Waals surface area contributed by atoms with Crippen LogP contribution in [-0.2, 0) is 11.3 Å². The Balaban J connectivity index is 1.92. The average Bonchev–Trinajstić information content (AvgIpc) is 3.27. The summed E-state index contributed by atoms with van der Waals surface area (Å²) >= 11 is -2.33. The number of aliphatic hydroxyl groups is 1. The van der Waals surface area contributed by atoms with Crippen molar-refractivity contribution in [2.24, 2.45) is 0 Å².